The van der Waals surface area contributed by atoms with Gasteiger partial charge in [0.1, 0.15) is 6.04 Å². The Morgan fingerprint density at radius 2 is 2.14 bits per heavy atom. The summed E-state index contributed by atoms with van der Waals surface area (Å²) in [4.78, 5) is 23.9. The summed E-state index contributed by atoms with van der Waals surface area (Å²) in [6.07, 6.45) is 2.46. The van der Waals surface area contributed by atoms with Crippen molar-refractivity contribution in [2.45, 2.75) is 45.2 Å². The van der Waals surface area contributed by atoms with Crippen molar-refractivity contribution >= 4 is 12.3 Å². The zero-order valence-electron chi connectivity index (χ0n) is 9.04. The van der Waals surface area contributed by atoms with E-state index in [0.717, 1.165) is 19.3 Å². The lowest BCUT2D eigenvalue weighted by molar-refractivity contribution is -0.132. The van der Waals surface area contributed by atoms with Crippen LogP contribution >= 0.6 is 0 Å². The molecule has 1 rings (SSSR count). The molecule has 1 unspecified atom stereocenters. The van der Waals surface area contributed by atoms with E-state index in [-0.39, 0.29) is 17.5 Å². The lowest BCUT2D eigenvalue weighted by atomic mass is 10.1. The highest BCUT2D eigenvalue weighted by molar-refractivity contribution is 5.84. The molecule has 1 N–H and O–H groups in total. The van der Waals surface area contributed by atoms with Crippen molar-refractivity contribution < 1.29 is 9.59 Å². The molecule has 0 aromatic carbocycles. The third-order valence-corrected chi connectivity index (χ3v) is 2.23. The Bertz CT molecular complexity index is 233. The summed E-state index contributed by atoms with van der Waals surface area (Å²) >= 11 is 0. The molecule has 2 amide bonds. The standard InChI is InChI=1S/C10H18N2O2/c1-10(2,3)11-9(14)8-5-4-6-12(8)7-13/h7-8H,4-6H2,1-3H3,(H,11,14). The van der Waals surface area contributed by atoms with Gasteiger partial charge in [-0.3, -0.25) is 9.59 Å². The number of amides is 2. The summed E-state index contributed by atoms with van der Waals surface area (Å²) in [7, 11) is 0. The second kappa shape index (κ2) is 3.98. The molecule has 0 aromatic rings. The lowest BCUT2D eigenvalue weighted by Gasteiger charge is -2.26. The zero-order chi connectivity index (χ0) is 10.8. The van der Waals surface area contributed by atoms with E-state index < -0.39 is 0 Å². The Morgan fingerprint density at radius 1 is 1.50 bits per heavy atom. The van der Waals surface area contributed by atoms with Gasteiger partial charge in [0, 0.05) is 12.1 Å². The molecule has 1 heterocycles. The Morgan fingerprint density at radius 3 is 2.64 bits per heavy atom. The van der Waals surface area contributed by atoms with E-state index in [1.165, 1.54) is 0 Å². The molecular formula is C10H18N2O2. The van der Waals surface area contributed by atoms with Gasteiger partial charge in [0.25, 0.3) is 0 Å². The molecule has 1 atom stereocenters. The molecule has 0 saturated carbocycles. The summed E-state index contributed by atoms with van der Waals surface area (Å²) in [5, 5.41) is 2.89. The molecule has 1 aliphatic heterocycles. The third-order valence-electron chi connectivity index (χ3n) is 2.23. The van der Waals surface area contributed by atoms with Crippen LogP contribution in [0.5, 0.6) is 0 Å². The van der Waals surface area contributed by atoms with Crippen LogP contribution in [0.2, 0.25) is 0 Å². The van der Waals surface area contributed by atoms with Gasteiger partial charge in [-0.2, -0.15) is 0 Å². The van der Waals surface area contributed by atoms with Gasteiger partial charge in [-0.05, 0) is 33.6 Å². The van der Waals surface area contributed by atoms with Crippen molar-refractivity contribution in [2.75, 3.05) is 6.54 Å². The average Bonchev–Trinajstić information content (AvgIpc) is 2.47. The Kier molecular flexibility index (Phi) is 3.13. The first-order valence-electron chi connectivity index (χ1n) is 4.97. The summed E-state index contributed by atoms with van der Waals surface area (Å²) in [6, 6.07) is -0.258. The van der Waals surface area contributed by atoms with Crippen LogP contribution in [0, 0.1) is 0 Å². The molecule has 0 bridgehead atoms. The van der Waals surface area contributed by atoms with Crippen LogP contribution in [0.1, 0.15) is 33.6 Å². The molecule has 4 nitrogen and oxygen atoms in total. The molecule has 0 radical (unpaired) electrons. The fraction of sp³-hybridized carbons (Fsp3) is 0.800. The average molecular weight is 198 g/mol. The van der Waals surface area contributed by atoms with E-state index in [0.29, 0.717) is 6.54 Å². The van der Waals surface area contributed by atoms with Crippen LogP contribution in [0.3, 0.4) is 0 Å². The highest BCUT2D eigenvalue weighted by Crippen LogP contribution is 2.16. The monoisotopic (exact) mass is 198 g/mol. The van der Waals surface area contributed by atoms with Gasteiger partial charge in [0.15, 0.2) is 0 Å². The van der Waals surface area contributed by atoms with Crippen molar-refractivity contribution in [2.24, 2.45) is 0 Å². The minimum atomic E-state index is -0.258. The van der Waals surface area contributed by atoms with E-state index in [2.05, 4.69) is 5.32 Å². The number of carbonyl (C=O) groups excluding carboxylic acids is 2. The number of rotatable bonds is 2. The molecule has 14 heavy (non-hydrogen) atoms. The third kappa shape index (κ3) is 2.72. The fourth-order valence-electron chi connectivity index (χ4n) is 1.65. The van der Waals surface area contributed by atoms with Crippen LogP contribution in [0.25, 0.3) is 0 Å². The van der Waals surface area contributed by atoms with Crippen LogP contribution in [0.4, 0.5) is 0 Å². The zero-order valence-corrected chi connectivity index (χ0v) is 9.04. The van der Waals surface area contributed by atoms with Gasteiger partial charge in [0.2, 0.25) is 12.3 Å². The topological polar surface area (TPSA) is 49.4 Å². The largest absolute Gasteiger partial charge is 0.350 e. The number of nitrogens with one attached hydrogen (secondary N) is 1. The first kappa shape index (κ1) is 11.0. The fourth-order valence-corrected chi connectivity index (χ4v) is 1.65. The predicted molar refractivity (Wildman–Crippen MR) is 53.7 cm³/mol. The molecule has 80 valence electrons. The Hall–Kier alpha value is -1.06. The smallest absolute Gasteiger partial charge is 0.243 e. The van der Waals surface area contributed by atoms with Crippen molar-refractivity contribution in [1.82, 2.24) is 10.2 Å². The van der Waals surface area contributed by atoms with E-state index in [1.54, 1.807) is 4.90 Å². The second-order valence-electron chi connectivity index (χ2n) is 4.74. The van der Waals surface area contributed by atoms with Gasteiger partial charge in [-0.15, -0.1) is 0 Å². The highest BCUT2D eigenvalue weighted by atomic mass is 16.2. The number of likely N-dealkylation sites (tertiary alicyclic amines) is 1. The molecule has 1 fully saturated rings. The van der Waals surface area contributed by atoms with Crippen molar-refractivity contribution in [3.05, 3.63) is 0 Å². The molecule has 0 aromatic heterocycles. The number of carbonyl (C=O) groups is 2. The molecular weight excluding hydrogens is 180 g/mol. The summed E-state index contributed by atoms with van der Waals surface area (Å²) in [6.45, 7) is 6.51. The van der Waals surface area contributed by atoms with Gasteiger partial charge in [-0.1, -0.05) is 0 Å². The Balaban J connectivity index is 2.56. The maximum atomic E-state index is 11.7. The molecule has 0 spiro atoms. The maximum absolute atomic E-state index is 11.7. The normalized spacial score (nSPS) is 22.2. The minimum Gasteiger partial charge on any atom is -0.350 e. The Labute approximate surface area is 84.7 Å². The number of nitrogens with zero attached hydrogens (tertiary/aromatic N) is 1. The van der Waals surface area contributed by atoms with E-state index in [9.17, 15) is 9.59 Å². The van der Waals surface area contributed by atoms with Crippen molar-refractivity contribution in [3.8, 4) is 0 Å². The van der Waals surface area contributed by atoms with Crippen LogP contribution in [-0.4, -0.2) is 35.3 Å². The molecule has 4 heteroatoms. The van der Waals surface area contributed by atoms with E-state index in [1.807, 2.05) is 20.8 Å². The molecule has 0 aliphatic carbocycles. The second-order valence-corrected chi connectivity index (χ2v) is 4.74. The maximum Gasteiger partial charge on any atom is 0.243 e. The quantitative estimate of drug-likeness (QED) is 0.658. The van der Waals surface area contributed by atoms with Gasteiger partial charge < -0.3 is 10.2 Å². The first-order chi connectivity index (χ1) is 6.44. The first-order valence-corrected chi connectivity index (χ1v) is 4.97. The molecule has 1 saturated heterocycles. The van der Waals surface area contributed by atoms with Crippen LogP contribution < -0.4 is 5.32 Å². The van der Waals surface area contributed by atoms with Crippen LogP contribution in [-0.2, 0) is 9.59 Å². The summed E-state index contributed by atoms with van der Waals surface area (Å²) in [5.41, 5.74) is -0.228. The van der Waals surface area contributed by atoms with Crippen molar-refractivity contribution in [1.29, 1.82) is 0 Å². The van der Waals surface area contributed by atoms with Gasteiger partial charge in [0.05, 0.1) is 0 Å². The van der Waals surface area contributed by atoms with E-state index in [4.69, 9.17) is 0 Å². The van der Waals surface area contributed by atoms with Gasteiger partial charge >= 0.3 is 0 Å². The lowest BCUT2D eigenvalue weighted by Crippen LogP contribution is -2.49. The number of hydrogen-bond acceptors (Lipinski definition) is 2. The van der Waals surface area contributed by atoms with Crippen LogP contribution in [0.15, 0.2) is 0 Å². The summed E-state index contributed by atoms with van der Waals surface area (Å²) < 4.78 is 0. The number of hydrogen-bond donors (Lipinski definition) is 1. The SMILES string of the molecule is CC(C)(C)NC(=O)C1CCCN1C=O. The minimum absolute atomic E-state index is 0.0397. The molecule has 1 aliphatic rings. The predicted octanol–water partition coefficient (Wildman–Crippen LogP) is 0.522. The van der Waals surface area contributed by atoms with Gasteiger partial charge in [-0.25, -0.2) is 0 Å². The summed E-state index contributed by atoms with van der Waals surface area (Å²) in [5.74, 6) is -0.0397. The van der Waals surface area contributed by atoms with Crippen molar-refractivity contribution in [3.63, 3.8) is 0 Å². The van der Waals surface area contributed by atoms with E-state index >= 15 is 0 Å². The highest BCUT2D eigenvalue weighted by Gasteiger charge is 2.31.